The molecule has 1 saturated heterocycles. The molecule has 114 valence electrons. The van der Waals surface area contributed by atoms with E-state index in [0.717, 1.165) is 25.7 Å². The summed E-state index contributed by atoms with van der Waals surface area (Å²) in [4.78, 5) is 26.2. The molecule has 20 heavy (non-hydrogen) atoms. The zero-order valence-corrected chi connectivity index (χ0v) is 12.9. The Kier molecular flexibility index (Phi) is 5.57. The lowest BCUT2D eigenvalue weighted by atomic mass is 9.83. The molecule has 0 aromatic rings. The Morgan fingerprint density at radius 3 is 2.60 bits per heavy atom. The van der Waals surface area contributed by atoms with Crippen LogP contribution in [0.4, 0.5) is 0 Å². The Hall–Kier alpha value is -0.910. The van der Waals surface area contributed by atoms with Crippen LogP contribution in [0.15, 0.2) is 0 Å². The Balaban J connectivity index is 2.05. The summed E-state index contributed by atoms with van der Waals surface area (Å²) in [6.07, 6.45) is 7.54. The molecule has 2 aliphatic rings. The molecule has 0 bridgehead atoms. The Morgan fingerprint density at radius 1 is 1.25 bits per heavy atom. The van der Waals surface area contributed by atoms with E-state index in [1.54, 1.807) is 11.2 Å². The van der Waals surface area contributed by atoms with E-state index in [9.17, 15) is 13.8 Å². The summed E-state index contributed by atoms with van der Waals surface area (Å²) >= 11 is 0. The van der Waals surface area contributed by atoms with Crippen molar-refractivity contribution in [3.63, 3.8) is 0 Å². The van der Waals surface area contributed by atoms with Gasteiger partial charge in [-0.2, -0.15) is 0 Å². The summed E-state index contributed by atoms with van der Waals surface area (Å²) in [6.45, 7) is 0.936. The van der Waals surface area contributed by atoms with Gasteiger partial charge in [0, 0.05) is 42.3 Å². The van der Waals surface area contributed by atoms with Crippen LogP contribution in [0, 0.1) is 5.92 Å². The number of rotatable bonds is 4. The molecular formula is C14H24N2O3S. The highest BCUT2D eigenvalue weighted by atomic mass is 32.2. The fraction of sp³-hybridized carbons (Fsp3) is 0.857. The fourth-order valence-corrected chi connectivity index (χ4v) is 3.58. The first-order valence-corrected chi connectivity index (χ1v) is 9.19. The maximum absolute atomic E-state index is 12.6. The summed E-state index contributed by atoms with van der Waals surface area (Å²) in [5.41, 5.74) is 0. The molecule has 2 amide bonds. The second kappa shape index (κ2) is 7.20. The molecule has 0 radical (unpaired) electrons. The van der Waals surface area contributed by atoms with Crippen LogP contribution in [0.5, 0.6) is 0 Å². The quantitative estimate of drug-likeness (QED) is 0.829. The summed E-state index contributed by atoms with van der Waals surface area (Å²) in [6, 6.07) is -0.365. The van der Waals surface area contributed by atoms with Crippen molar-refractivity contribution in [1.29, 1.82) is 0 Å². The van der Waals surface area contributed by atoms with Crippen molar-refractivity contribution in [1.82, 2.24) is 10.2 Å². The molecule has 2 unspecified atom stereocenters. The van der Waals surface area contributed by atoms with Gasteiger partial charge in [0.25, 0.3) is 0 Å². The van der Waals surface area contributed by atoms with Crippen LogP contribution in [-0.2, 0) is 20.4 Å². The van der Waals surface area contributed by atoms with E-state index in [4.69, 9.17) is 0 Å². The van der Waals surface area contributed by atoms with Gasteiger partial charge < -0.3 is 10.2 Å². The topological polar surface area (TPSA) is 66.5 Å². The third-order valence-corrected chi connectivity index (χ3v) is 5.03. The maximum Gasteiger partial charge on any atom is 0.245 e. The normalized spacial score (nSPS) is 27.1. The maximum atomic E-state index is 12.6. The van der Waals surface area contributed by atoms with E-state index in [1.807, 2.05) is 0 Å². The molecule has 5 nitrogen and oxygen atoms in total. The average Bonchev–Trinajstić information content (AvgIpc) is 2.58. The van der Waals surface area contributed by atoms with E-state index in [0.29, 0.717) is 25.3 Å². The van der Waals surface area contributed by atoms with Gasteiger partial charge in [-0.3, -0.25) is 13.8 Å². The molecule has 1 N–H and O–H groups in total. The van der Waals surface area contributed by atoms with Crippen molar-refractivity contribution >= 4 is 22.6 Å². The van der Waals surface area contributed by atoms with Crippen LogP contribution < -0.4 is 5.32 Å². The molecule has 1 aliphatic carbocycles. The third kappa shape index (κ3) is 4.04. The molecule has 2 rings (SSSR count). The lowest BCUT2D eigenvalue weighted by Gasteiger charge is -2.31. The van der Waals surface area contributed by atoms with Gasteiger partial charge in [-0.1, -0.05) is 19.3 Å². The van der Waals surface area contributed by atoms with Crippen LogP contribution in [0.2, 0.25) is 0 Å². The summed E-state index contributed by atoms with van der Waals surface area (Å²) in [5.74, 6) is 0.743. The lowest BCUT2D eigenvalue weighted by Crippen LogP contribution is -2.50. The summed E-state index contributed by atoms with van der Waals surface area (Å²) in [5, 5.41) is 2.91. The van der Waals surface area contributed by atoms with Crippen LogP contribution in [0.25, 0.3) is 0 Å². The monoisotopic (exact) mass is 300 g/mol. The molecule has 6 heteroatoms. The number of amides is 2. The number of hydrogen-bond donors (Lipinski definition) is 1. The van der Waals surface area contributed by atoms with E-state index in [1.165, 1.54) is 6.42 Å². The minimum absolute atomic E-state index is 0.0215. The molecule has 1 heterocycles. The molecule has 0 aromatic heterocycles. The van der Waals surface area contributed by atoms with Crippen molar-refractivity contribution in [2.45, 2.75) is 44.6 Å². The van der Waals surface area contributed by atoms with Crippen molar-refractivity contribution in [2.75, 3.05) is 25.1 Å². The average molecular weight is 300 g/mol. The molecule has 1 saturated carbocycles. The van der Waals surface area contributed by atoms with Gasteiger partial charge in [-0.15, -0.1) is 0 Å². The summed E-state index contributed by atoms with van der Waals surface area (Å²) < 4.78 is 11.2. The highest BCUT2D eigenvalue weighted by Crippen LogP contribution is 2.28. The van der Waals surface area contributed by atoms with Crippen molar-refractivity contribution < 1.29 is 13.8 Å². The third-order valence-electron chi connectivity index (χ3n) is 4.27. The molecular weight excluding hydrogens is 276 g/mol. The number of carbonyl (C=O) groups is 2. The van der Waals surface area contributed by atoms with Crippen molar-refractivity contribution in [3.05, 3.63) is 0 Å². The minimum atomic E-state index is -0.912. The van der Waals surface area contributed by atoms with E-state index in [-0.39, 0.29) is 23.8 Å². The standard InChI is InChI=1S/C14H24N2O3S/c1-20(19)10-9-16-8-7-12(17)15-13(14(16)18)11-5-3-2-4-6-11/h11,13H,2-10H2,1H3,(H,15,17). The van der Waals surface area contributed by atoms with Crippen LogP contribution in [0.3, 0.4) is 0 Å². The van der Waals surface area contributed by atoms with Gasteiger partial charge in [-0.05, 0) is 18.8 Å². The first-order chi connectivity index (χ1) is 9.58. The van der Waals surface area contributed by atoms with Gasteiger partial charge >= 0.3 is 0 Å². The van der Waals surface area contributed by atoms with E-state index in [2.05, 4.69) is 5.32 Å². The van der Waals surface area contributed by atoms with Gasteiger partial charge in [0.15, 0.2) is 0 Å². The van der Waals surface area contributed by atoms with Crippen molar-refractivity contribution in [3.8, 4) is 0 Å². The summed E-state index contributed by atoms with van der Waals surface area (Å²) in [7, 11) is -0.912. The highest BCUT2D eigenvalue weighted by Gasteiger charge is 2.35. The van der Waals surface area contributed by atoms with Gasteiger partial charge in [0.2, 0.25) is 11.8 Å². The zero-order chi connectivity index (χ0) is 14.5. The van der Waals surface area contributed by atoms with Crippen LogP contribution in [0.1, 0.15) is 38.5 Å². The van der Waals surface area contributed by atoms with Crippen molar-refractivity contribution in [2.24, 2.45) is 5.92 Å². The second-order valence-electron chi connectivity index (χ2n) is 5.80. The van der Waals surface area contributed by atoms with Gasteiger partial charge in [-0.25, -0.2) is 0 Å². The Morgan fingerprint density at radius 2 is 1.95 bits per heavy atom. The first kappa shape index (κ1) is 15.5. The second-order valence-corrected chi connectivity index (χ2v) is 7.35. The van der Waals surface area contributed by atoms with Crippen LogP contribution in [-0.4, -0.2) is 52.1 Å². The van der Waals surface area contributed by atoms with Crippen LogP contribution >= 0.6 is 0 Å². The smallest absolute Gasteiger partial charge is 0.245 e. The SMILES string of the molecule is CS(=O)CCN1CCC(=O)NC(C2CCCCC2)C1=O. The number of nitrogens with zero attached hydrogens (tertiary/aromatic N) is 1. The Labute approximate surface area is 122 Å². The molecule has 2 atom stereocenters. The number of nitrogens with one attached hydrogen (secondary N) is 1. The molecule has 0 spiro atoms. The predicted octanol–water partition coefficient (Wildman–Crippen LogP) is 0.662. The molecule has 0 aromatic carbocycles. The Bertz CT molecular complexity index is 394. The zero-order valence-electron chi connectivity index (χ0n) is 12.1. The highest BCUT2D eigenvalue weighted by molar-refractivity contribution is 7.84. The number of carbonyl (C=O) groups excluding carboxylic acids is 2. The van der Waals surface area contributed by atoms with E-state index >= 15 is 0 Å². The molecule has 1 aliphatic heterocycles. The predicted molar refractivity (Wildman–Crippen MR) is 78.6 cm³/mol. The van der Waals surface area contributed by atoms with E-state index < -0.39 is 10.8 Å². The largest absolute Gasteiger partial charge is 0.344 e. The first-order valence-electron chi connectivity index (χ1n) is 7.46. The molecule has 2 fully saturated rings. The van der Waals surface area contributed by atoms with Gasteiger partial charge in [0.05, 0.1) is 0 Å². The minimum Gasteiger partial charge on any atom is -0.344 e. The lowest BCUT2D eigenvalue weighted by molar-refractivity contribution is -0.135. The van der Waals surface area contributed by atoms with Gasteiger partial charge in [0.1, 0.15) is 6.04 Å². The number of hydrogen-bond acceptors (Lipinski definition) is 3. The fourth-order valence-electron chi connectivity index (χ4n) is 3.10.